The van der Waals surface area contributed by atoms with Crippen LogP contribution in [0.5, 0.6) is 5.75 Å². The van der Waals surface area contributed by atoms with Gasteiger partial charge in [-0.05, 0) is 30.5 Å². The lowest BCUT2D eigenvalue weighted by molar-refractivity contribution is 0.0917. The van der Waals surface area contributed by atoms with Crippen molar-refractivity contribution in [1.82, 2.24) is 15.5 Å². The van der Waals surface area contributed by atoms with Gasteiger partial charge < -0.3 is 10.1 Å². The standard InChI is InChI=1S/C19H17N3O3/c23-18-15-7-3-2-6-14(15)17(21-22-18)19(24)20-13-10-9-12-5-1-4-8-16(12)25-11-13/h1-8,13H,9-11H2,(H,20,24)(H,22,23). The van der Waals surface area contributed by atoms with Gasteiger partial charge in [-0.25, -0.2) is 5.10 Å². The normalized spacial score (nSPS) is 16.6. The Labute approximate surface area is 143 Å². The number of aromatic amines is 1. The van der Waals surface area contributed by atoms with E-state index >= 15 is 0 Å². The molecule has 0 saturated heterocycles. The van der Waals surface area contributed by atoms with Crippen LogP contribution in [-0.4, -0.2) is 28.8 Å². The summed E-state index contributed by atoms with van der Waals surface area (Å²) in [7, 11) is 0. The molecule has 0 radical (unpaired) electrons. The third-order valence-corrected chi connectivity index (χ3v) is 4.42. The molecule has 0 aliphatic carbocycles. The van der Waals surface area contributed by atoms with Crippen LogP contribution >= 0.6 is 0 Å². The number of nitrogens with one attached hydrogen (secondary N) is 2. The molecule has 0 fully saturated rings. The summed E-state index contributed by atoms with van der Waals surface area (Å²) in [6.07, 6.45) is 1.62. The Bertz CT molecular complexity index is 969. The summed E-state index contributed by atoms with van der Waals surface area (Å²) in [6, 6.07) is 14.7. The number of fused-ring (bicyclic) bond motifs is 2. The molecular formula is C19H17N3O3. The van der Waals surface area contributed by atoms with Gasteiger partial charge in [-0.1, -0.05) is 36.4 Å². The summed E-state index contributed by atoms with van der Waals surface area (Å²) in [5.74, 6) is 0.555. The van der Waals surface area contributed by atoms with Crippen molar-refractivity contribution in [2.24, 2.45) is 0 Å². The second-order valence-corrected chi connectivity index (χ2v) is 6.07. The molecule has 2 aromatic carbocycles. The second kappa shape index (κ2) is 6.39. The van der Waals surface area contributed by atoms with E-state index in [-0.39, 0.29) is 23.2 Å². The van der Waals surface area contributed by atoms with Gasteiger partial charge in [0.1, 0.15) is 12.4 Å². The molecule has 6 heteroatoms. The number of aromatic nitrogens is 2. The minimum absolute atomic E-state index is 0.118. The highest BCUT2D eigenvalue weighted by Crippen LogP contribution is 2.23. The van der Waals surface area contributed by atoms with Gasteiger partial charge in [-0.3, -0.25) is 9.59 Å². The lowest BCUT2D eigenvalue weighted by Gasteiger charge is -2.16. The van der Waals surface area contributed by atoms with E-state index in [9.17, 15) is 9.59 Å². The number of carbonyl (C=O) groups is 1. The number of para-hydroxylation sites is 1. The van der Waals surface area contributed by atoms with E-state index in [2.05, 4.69) is 15.5 Å². The molecule has 1 aromatic heterocycles. The maximum atomic E-state index is 12.7. The number of hydrogen-bond acceptors (Lipinski definition) is 4. The first-order valence-corrected chi connectivity index (χ1v) is 8.21. The highest BCUT2D eigenvalue weighted by molar-refractivity contribution is 6.04. The van der Waals surface area contributed by atoms with E-state index in [4.69, 9.17) is 4.74 Å². The van der Waals surface area contributed by atoms with Gasteiger partial charge in [0, 0.05) is 5.39 Å². The first-order valence-electron chi connectivity index (χ1n) is 8.21. The average Bonchev–Trinajstić information content (AvgIpc) is 2.85. The lowest BCUT2D eigenvalue weighted by Crippen LogP contribution is -2.39. The highest BCUT2D eigenvalue weighted by Gasteiger charge is 2.21. The van der Waals surface area contributed by atoms with Crippen molar-refractivity contribution in [3.8, 4) is 5.75 Å². The molecule has 25 heavy (non-hydrogen) atoms. The van der Waals surface area contributed by atoms with Crippen molar-refractivity contribution in [2.45, 2.75) is 18.9 Å². The van der Waals surface area contributed by atoms with Crippen LogP contribution < -0.4 is 15.6 Å². The molecular weight excluding hydrogens is 318 g/mol. The van der Waals surface area contributed by atoms with Crippen molar-refractivity contribution in [3.63, 3.8) is 0 Å². The zero-order valence-corrected chi connectivity index (χ0v) is 13.5. The van der Waals surface area contributed by atoms with Crippen LogP contribution in [0, 0.1) is 0 Å². The van der Waals surface area contributed by atoms with Crippen LogP contribution in [0.3, 0.4) is 0 Å². The Morgan fingerprint density at radius 1 is 1.12 bits per heavy atom. The van der Waals surface area contributed by atoms with E-state index in [1.807, 2.05) is 24.3 Å². The van der Waals surface area contributed by atoms with Gasteiger partial charge in [0.25, 0.3) is 11.5 Å². The number of carbonyl (C=O) groups excluding carboxylic acids is 1. The van der Waals surface area contributed by atoms with E-state index in [0.717, 1.165) is 24.2 Å². The van der Waals surface area contributed by atoms with E-state index in [1.54, 1.807) is 24.3 Å². The summed E-state index contributed by atoms with van der Waals surface area (Å²) in [5.41, 5.74) is 1.06. The van der Waals surface area contributed by atoms with Crippen LogP contribution in [0.25, 0.3) is 10.8 Å². The van der Waals surface area contributed by atoms with E-state index in [1.165, 1.54) is 0 Å². The van der Waals surface area contributed by atoms with Gasteiger partial charge >= 0.3 is 0 Å². The number of ether oxygens (including phenoxy) is 1. The predicted molar refractivity (Wildman–Crippen MR) is 93.9 cm³/mol. The average molecular weight is 335 g/mol. The number of amides is 1. The fourth-order valence-electron chi connectivity index (χ4n) is 3.11. The zero-order chi connectivity index (χ0) is 17.2. The van der Waals surface area contributed by atoms with Crippen molar-refractivity contribution >= 4 is 16.7 Å². The molecule has 0 bridgehead atoms. The van der Waals surface area contributed by atoms with Crippen LogP contribution in [0.15, 0.2) is 53.3 Å². The minimum Gasteiger partial charge on any atom is -0.491 e. The van der Waals surface area contributed by atoms with Gasteiger partial charge in [-0.2, -0.15) is 5.10 Å². The van der Waals surface area contributed by atoms with Gasteiger partial charge in [0.05, 0.1) is 11.4 Å². The second-order valence-electron chi connectivity index (χ2n) is 6.07. The molecule has 4 rings (SSSR count). The fraction of sp³-hybridized carbons (Fsp3) is 0.211. The molecule has 2 heterocycles. The smallest absolute Gasteiger partial charge is 0.272 e. The van der Waals surface area contributed by atoms with Gasteiger partial charge in [-0.15, -0.1) is 0 Å². The van der Waals surface area contributed by atoms with Crippen molar-refractivity contribution < 1.29 is 9.53 Å². The Kier molecular flexibility index (Phi) is 3.93. The Morgan fingerprint density at radius 2 is 1.88 bits per heavy atom. The van der Waals surface area contributed by atoms with Gasteiger partial charge in [0.15, 0.2) is 5.69 Å². The van der Waals surface area contributed by atoms with E-state index in [0.29, 0.717) is 17.4 Å². The molecule has 0 saturated carbocycles. The van der Waals surface area contributed by atoms with Crippen LogP contribution in [0.2, 0.25) is 0 Å². The quantitative estimate of drug-likeness (QED) is 0.751. The first kappa shape index (κ1) is 15.4. The number of nitrogens with zero attached hydrogens (tertiary/aromatic N) is 1. The van der Waals surface area contributed by atoms with Crippen LogP contribution in [0.4, 0.5) is 0 Å². The third kappa shape index (κ3) is 2.98. The molecule has 0 spiro atoms. The zero-order valence-electron chi connectivity index (χ0n) is 13.5. The monoisotopic (exact) mass is 335 g/mol. The Balaban J connectivity index is 1.55. The number of rotatable bonds is 2. The first-order chi connectivity index (χ1) is 12.2. The van der Waals surface area contributed by atoms with E-state index < -0.39 is 0 Å². The summed E-state index contributed by atoms with van der Waals surface area (Å²) < 4.78 is 5.81. The summed E-state index contributed by atoms with van der Waals surface area (Å²) in [5, 5.41) is 10.3. The molecule has 1 aliphatic rings. The van der Waals surface area contributed by atoms with Gasteiger partial charge in [0.2, 0.25) is 0 Å². The van der Waals surface area contributed by atoms with Crippen molar-refractivity contribution in [2.75, 3.05) is 6.61 Å². The SMILES string of the molecule is O=C(NC1CCc2ccccc2OC1)c1n[nH]c(=O)c2ccccc12. The molecule has 2 N–H and O–H groups in total. The fourth-order valence-corrected chi connectivity index (χ4v) is 3.11. The summed E-state index contributed by atoms with van der Waals surface area (Å²) in [6.45, 7) is 0.407. The lowest BCUT2D eigenvalue weighted by atomic mass is 10.1. The van der Waals surface area contributed by atoms with Crippen LogP contribution in [-0.2, 0) is 6.42 Å². The molecule has 6 nitrogen and oxygen atoms in total. The van der Waals surface area contributed by atoms with Crippen molar-refractivity contribution in [1.29, 1.82) is 0 Å². The number of H-pyrrole nitrogens is 1. The number of benzene rings is 2. The maximum Gasteiger partial charge on any atom is 0.272 e. The number of hydrogen-bond donors (Lipinski definition) is 2. The molecule has 1 amide bonds. The maximum absolute atomic E-state index is 12.7. The molecule has 1 aliphatic heterocycles. The molecule has 1 unspecified atom stereocenters. The highest BCUT2D eigenvalue weighted by atomic mass is 16.5. The third-order valence-electron chi connectivity index (χ3n) is 4.42. The topological polar surface area (TPSA) is 84.1 Å². The number of aryl methyl sites for hydroxylation is 1. The Morgan fingerprint density at radius 3 is 2.76 bits per heavy atom. The van der Waals surface area contributed by atoms with Crippen LogP contribution in [0.1, 0.15) is 22.5 Å². The molecule has 3 aromatic rings. The predicted octanol–water partition coefficient (Wildman–Crippen LogP) is 2.05. The molecule has 1 atom stereocenters. The van der Waals surface area contributed by atoms with Crippen molar-refractivity contribution in [3.05, 3.63) is 70.1 Å². The Hall–Kier alpha value is -3.15. The largest absolute Gasteiger partial charge is 0.491 e. The summed E-state index contributed by atoms with van der Waals surface area (Å²) in [4.78, 5) is 24.5. The molecule has 126 valence electrons. The minimum atomic E-state index is -0.313. The summed E-state index contributed by atoms with van der Waals surface area (Å²) >= 11 is 0.